The van der Waals surface area contributed by atoms with Crippen LogP contribution in [0.5, 0.6) is 0 Å². The van der Waals surface area contributed by atoms with Gasteiger partial charge in [-0.25, -0.2) is 4.79 Å². The smallest absolute Gasteiger partial charge is 0.335 e. The van der Waals surface area contributed by atoms with Crippen molar-refractivity contribution in [2.75, 3.05) is 7.11 Å². The normalized spacial score (nSPS) is 40.9. The number of carbonyl (C=O) groups is 3. The number of aliphatic hydroxyl groups excluding tert-OH is 2. The number of furan rings is 1. The van der Waals surface area contributed by atoms with Crippen LogP contribution < -0.4 is 0 Å². The molecule has 0 radical (unpaired) electrons. The fraction of sp³-hybridized carbons (Fsp3) is 0.667. The van der Waals surface area contributed by atoms with E-state index in [1.165, 1.54) is 7.11 Å². The van der Waals surface area contributed by atoms with Crippen LogP contribution in [0.3, 0.4) is 0 Å². The number of aliphatic hydroxyl groups is 2. The fourth-order valence-electron chi connectivity index (χ4n) is 8.18. The monoisotopic (exact) mass is 486 g/mol. The van der Waals surface area contributed by atoms with Crippen molar-refractivity contribution in [2.45, 2.75) is 71.7 Å². The van der Waals surface area contributed by atoms with Gasteiger partial charge < -0.3 is 24.1 Å². The Kier molecular flexibility index (Phi) is 5.39. The second-order valence-electron chi connectivity index (χ2n) is 11.8. The first-order chi connectivity index (χ1) is 16.4. The van der Waals surface area contributed by atoms with E-state index in [0.717, 1.165) is 16.7 Å². The third-order valence-electron chi connectivity index (χ3n) is 9.83. The Morgan fingerprint density at radius 3 is 2.57 bits per heavy atom. The average Bonchev–Trinajstić information content (AvgIpc) is 3.34. The van der Waals surface area contributed by atoms with Crippen LogP contribution in [0.15, 0.2) is 34.2 Å². The highest BCUT2D eigenvalue weighted by atomic mass is 16.5. The quantitative estimate of drug-likeness (QED) is 0.493. The van der Waals surface area contributed by atoms with Crippen LogP contribution >= 0.6 is 0 Å². The third-order valence-corrected chi connectivity index (χ3v) is 9.83. The number of hydrogen-bond donors (Lipinski definition) is 2. The van der Waals surface area contributed by atoms with Crippen LogP contribution in [-0.2, 0) is 23.9 Å². The maximum atomic E-state index is 13.9. The summed E-state index contributed by atoms with van der Waals surface area (Å²) in [5.41, 5.74) is 0.241. The standard InChI is InChI=1S/C27H34O8/c1-25(2)20(19(29)24(32)33-5)27(4)16-6-8-26(3)17(14(16)10-15(21(25)30)22(27)31)11-18(28)35-23(26)13-7-9-34-12-13/h7,9,12,15-16,19-21,23,29-30H,6,8,10-11H2,1-5H3/t15-,16?,19?,20-,21+,23-,26+,27+/m0/s1. The Balaban J connectivity index is 1.69. The molecule has 5 rings (SSSR count). The minimum atomic E-state index is -1.56. The Morgan fingerprint density at radius 2 is 1.94 bits per heavy atom. The van der Waals surface area contributed by atoms with E-state index in [4.69, 9.17) is 13.9 Å². The SMILES string of the molecule is COC(=O)C(O)[C@H]1C(C)(C)[C@H](O)[C@@H]2CC3=C4CC(=O)O[C@@H](c5ccoc5)[C@]4(C)CCC3[C@@]1(C)C2=O. The van der Waals surface area contributed by atoms with Crippen LogP contribution in [0.25, 0.3) is 0 Å². The maximum absolute atomic E-state index is 13.9. The second kappa shape index (κ2) is 7.77. The van der Waals surface area contributed by atoms with Gasteiger partial charge in [0.05, 0.1) is 32.2 Å². The van der Waals surface area contributed by atoms with Crippen LogP contribution in [0, 0.1) is 34.0 Å². The van der Waals surface area contributed by atoms with Gasteiger partial charge in [-0.15, -0.1) is 0 Å². The molecular formula is C27H34O8. The molecule has 2 bridgehead atoms. The lowest BCUT2D eigenvalue weighted by Crippen LogP contribution is -2.68. The molecule has 2 heterocycles. The first kappa shape index (κ1) is 24.3. The van der Waals surface area contributed by atoms with Crippen LogP contribution in [-0.4, -0.2) is 47.3 Å². The molecule has 8 heteroatoms. The van der Waals surface area contributed by atoms with Gasteiger partial charge in [0.25, 0.3) is 0 Å². The van der Waals surface area contributed by atoms with Crippen molar-refractivity contribution in [1.29, 1.82) is 0 Å². The largest absolute Gasteiger partial charge is 0.472 e. The molecular weight excluding hydrogens is 452 g/mol. The summed E-state index contributed by atoms with van der Waals surface area (Å²) >= 11 is 0. The molecule has 2 N–H and O–H groups in total. The molecule has 35 heavy (non-hydrogen) atoms. The van der Waals surface area contributed by atoms with Crippen LogP contribution in [0.4, 0.5) is 0 Å². The summed E-state index contributed by atoms with van der Waals surface area (Å²) in [4.78, 5) is 39.2. The predicted octanol–water partition coefficient (Wildman–Crippen LogP) is 3.13. The lowest BCUT2D eigenvalue weighted by Gasteiger charge is -2.63. The Bertz CT molecular complexity index is 1100. The molecule has 190 valence electrons. The highest BCUT2D eigenvalue weighted by Crippen LogP contribution is 2.67. The van der Waals surface area contributed by atoms with Gasteiger partial charge in [0.15, 0.2) is 6.10 Å². The number of hydrogen-bond acceptors (Lipinski definition) is 8. The Morgan fingerprint density at radius 1 is 1.23 bits per heavy atom. The molecule has 3 fully saturated rings. The van der Waals surface area contributed by atoms with Gasteiger partial charge in [-0.1, -0.05) is 33.3 Å². The number of methoxy groups -OCH3 is 1. The number of ether oxygens (including phenoxy) is 2. The van der Waals surface area contributed by atoms with E-state index in [-0.39, 0.29) is 24.1 Å². The molecule has 8 atom stereocenters. The Labute approximate surface area is 204 Å². The number of allylic oxidation sites excluding steroid dienone is 1. The molecule has 0 spiro atoms. The first-order valence-corrected chi connectivity index (χ1v) is 12.3. The predicted molar refractivity (Wildman–Crippen MR) is 123 cm³/mol. The first-order valence-electron chi connectivity index (χ1n) is 12.3. The molecule has 2 unspecified atom stereocenters. The van der Waals surface area contributed by atoms with Crippen molar-refractivity contribution >= 4 is 17.7 Å². The van der Waals surface area contributed by atoms with Gasteiger partial charge in [-0.3, -0.25) is 9.59 Å². The van der Waals surface area contributed by atoms with Crippen molar-refractivity contribution in [2.24, 2.45) is 34.0 Å². The fourth-order valence-corrected chi connectivity index (χ4v) is 8.18. The second-order valence-corrected chi connectivity index (χ2v) is 11.8. The van der Waals surface area contributed by atoms with E-state index in [9.17, 15) is 24.6 Å². The molecule has 0 aromatic carbocycles. The van der Waals surface area contributed by atoms with Crippen molar-refractivity contribution in [3.8, 4) is 0 Å². The number of esters is 2. The van der Waals surface area contributed by atoms with E-state index < -0.39 is 52.4 Å². The summed E-state index contributed by atoms with van der Waals surface area (Å²) < 4.78 is 16.0. The molecule has 1 aromatic heterocycles. The molecule has 1 aromatic rings. The summed E-state index contributed by atoms with van der Waals surface area (Å²) in [6.07, 6.45) is 1.80. The lowest BCUT2D eigenvalue weighted by atomic mass is 9.40. The zero-order valence-corrected chi connectivity index (χ0v) is 20.9. The summed E-state index contributed by atoms with van der Waals surface area (Å²) in [6.45, 7) is 7.54. The highest BCUT2D eigenvalue weighted by Gasteiger charge is 2.69. The molecule has 2 saturated carbocycles. The number of rotatable bonds is 3. The molecule has 3 aliphatic carbocycles. The molecule has 1 saturated heterocycles. The minimum absolute atomic E-state index is 0.122. The average molecular weight is 487 g/mol. The summed E-state index contributed by atoms with van der Waals surface area (Å²) in [5.74, 6) is -3.07. The summed E-state index contributed by atoms with van der Waals surface area (Å²) in [6, 6.07) is 1.80. The molecule has 4 aliphatic rings. The lowest BCUT2D eigenvalue weighted by molar-refractivity contribution is -0.203. The molecule has 0 amide bonds. The summed E-state index contributed by atoms with van der Waals surface area (Å²) in [7, 11) is 1.20. The third kappa shape index (κ3) is 3.08. The van der Waals surface area contributed by atoms with Crippen molar-refractivity contribution in [3.63, 3.8) is 0 Å². The van der Waals surface area contributed by atoms with Gasteiger partial charge in [0, 0.05) is 28.2 Å². The zero-order chi connectivity index (χ0) is 25.5. The van der Waals surface area contributed by atoms with Gasteiger partial charge in [-0.05, 0) is 42.2 Å². The number of Topliss-reactive ketones (excluding diaryl/α,β-unsaturated/α-hetero) is 1. The van der Waals surface area contributed by atoms with Crippen LogP contribution in [0.1, 0.15) is 65.0 Å². The molecule has 1 aliphatic heterocycles. The van der Waals surface area contributed by atoms with Crippen LogP contribution in [0.2, 0.25) is 0 Å². The molecule has 8 nitrogen and oxygen atoms in total. The minimum Gasteiger partial charge on any atom is -0.472 e. The number of carbonyl (C=O) groups excluding carboxylic acids is 3. The summed E-state index contributed by atoms with van der Waals surface area (Å²) in [5, 5.41) is 22.5. The number of fused-ring (bicyclic) bond motifs is 5. The van der Waals surface area contributed by atoms with E-state index in [0.29, 0.717) is 19.3 Å². The van der Waals surface area contributed by atoms with E-state index >= 15 is 0 Å². The van der Waals surface area contributed by atoms with Gasteiger partial charge in [0.1, 0.15) is 11.9 Å². The number of cyclic esters (lactones) is 1. The van der Waals surface area contributed by atoms with Crippen molar-refractivity contribution < 1.29 is 38.5 Å². The highest BCUT2D eigenvalue weighted by molar-refractivity contribution is 5.93. The maximum Gasteiger partial charge on any atom is 0.335 e. The van der Waals surface area contributed by atoms with Crippen molar-refractivity contribution in [1.82, 2.24) is 0 Å². The Hall–Kier alpha value is -2.45. The zero-order valence-electron chi connectivity index (χ0n) is 20.9. The van der Waals surface area contributed by atoms with Gasteiger partial charge in [-0.2, -0.15) is 0 Å². The number of ketones is 1. The van der Waals surface area contributed by atoms with E-state index in [2.05, 4.69) is 6.92 Å². The van der Waals surface area contributed by atoms with Gasteiger partial charge >= 0.3 is 11.9 Å². The van der Waals surface area contributed by atoms with E-state index in [1.54, 1.807) is 18.6 Å². The van der Waals surface area contributed by atoms with Crippen molar-refractivity contribution in [3.05, 3.63) is 35.3 Å². The topological polar surface area (TPSA) is 123 Å². The van der Waals surface area contributed by atoms with Gasteiger partial charge in [0.2, 0.25) is 0 Å². The van der Waals surface area contributed by atoms with E-state index in [1.807, 2.05) is 20.8 Å².